The van der Waals surface area contributed by atoms with Crippen molar-refractivity contribution >= 4 is 33.5 Å². The quantitative estimate of drug-likeness (QED) is 0.621. The summed E-state index contributed by atoms with van der Waals surface area (Å²) in [7, 11) is 0. The van der Waals surface area contributed by atoms with Crippen LogP contribution in [0, 0.1) is 9.39 Å². The highest BCUT2D eigenvalue weighted by atomic mass is 127. The SMILES string of the molecule is O=c1cc(I)c2ccc(F)cc2n1Cc1ccccc1. The van der Waals surface area contributed by atoms with Crippen LogP contribution >= 0.6 is 22.6 Å². The molecule has 20 heavy (non-hydrogen) atoms. The first-order valence-corrected chi connectivity index (χ1v) is 7.25. The third-order valence-corrected chi connectivity index (χ3v) is 4.10. The predicted molar refractivity (Wildman–Crippen MR) is 86.4 cm³/mol. The van der Waals surface area contributed by atoms with Crippen LogP contribution < -0.4 is 5.56 Å². The molecule has 2 aromatic carbocycles. The molecule has 0 bridgehead atoms. The Kier molecular flexibility index (Phi) is 3.56. The largest absolute Gasteiger partial charge is 0.304 e. The summed E-state index contributed by atoms with van der Waals surface area (Å²) in [6, 6.07) is 15.8. The summed E-state index contributed by atoms with van der Waals surface area (Å²) in [6.07, 6.45) is 0. The van der Waals surface area contributed by atoms with Crippen LogP contribution in [0.3, 0.4) is 0 Å². The molecular formula is C16H11FINO. The lowest BCUT2D eigenvalue weighted by atomic mass is 10.2. The van der Waals surface area contributed by atoms with E-state index in [9.17, 15) is 9.18 Å². The summed E-state index contributed by atoms with van der Waals surface area (Å²) in [4.78, 5) is 12.2. The van der Waals surface area contributed by atoms with Crippen molar-refractivity contribution in [1.82, 2.24) is 4.57 Å². The molecule has 4 heteroatoms. The summed E-state index contributed by atoms with van der Waals surface area (Å²) < 4.78 is 15.9. The van der Waals surface area contributed by atoms with Gasteiger partial charge in [0, 0.05) is 15.0 Å². The Labute approximate surface area is 129 Å². The van der Waals surface area contributed by atoms with E-state index in [1.54, 1.807) is 16.7 Å². The van der Waals surface area contributed by atoms with Gasteiger partial charge >= 0.3 is 0 Å². The van der Waals surface area contributed by atoms with E-state index < -0.39 is 0 Å². The van der Waals surface area contributed by atoms with Gasteiger partial charge in [-0.15, -0.1) is 0 Å². The summed E-state index contributed by atoms with van der Waals surface area (Å²) >= 11 is 2.11. The maximum absolute atomic E-state index is 13.5. The topological polar surface area (TPSA) is 22.0 Å². The lowest BCUT2D eigenvalue weighted by molar-refractivity contribution is 0.627. The van der Waals surface area contributed by atoms with Crippen LogP contribution in [0.1, 0.15) is 5.56 Å². The fourth-order valence-corrected chi connectivity index (χ4v) is 2.96. The smallest absolute Gasteiger partial charge is 0.252 e. The minimum Gasteiger partial charge on any atom is -0.304 e. The second-order valence-corrected chi connectivity index (χ2v) is 5.73. The molecular weight excluding hydrogens is 368 g/mol. The highest BCUT2D eigenvalue weighted by Crippen LogP contribution is 2.20. The molecule has 0 aliphatic carbocycles. The highest BCUT2D eigenvalue weighted by molar-refractivity contribution is 14.1. The van der Waals surface area contributed by atoms with E-state index >= 15 is 0 Å². The molecule has 2 nitrogen and oxygen atoms in total. The number of rotatable bonds is 2. The van der Waals surface area contributed by atoms with E-state index in [2.05, 4.69) is 22.6 Å². The number of hydrogen-bond acceptors (Lipinski definition) is 1. The molecule has 100 valence electrons. The standard InChI is InChI=1S/C16H11FINO/c17-12-6-7-13-14(18)9-16(20)19(15(13)8-12)10-11-4-2-1-3-5-11/h1-9H,10H2. The van der Waals surface area contributed by atoms with E-state index in [0.29, 0.717) is 12.1 Å². The maximum atomic E-state index is 13.5. The number of hydrogen-bond donors (Lipinski definition) is 0. The number of pyridine rings is 1. The van der Waals surface area contributed by atoms with Crippen LogP contribution in [-0.2, 0) is 6.54 Å². The first kappa shape index (κ1) is 13.3. The third kappa shape index (κ3) is 2.47. The summed E-state index contributed by atoms with van der Waals surface area (Å²) in [5, 5.41) is 0.891. The fraction of sp³-hybridized carbons (Fsp3) is 0.0625. The molecule has 0 amide bonds. The Bertz CT molecular complexity index is 827. The van der Waals surface area contributed by atoms with Gasteiger partial charge in [-0.2, -0.15) is 0 Å². The summed E-state index contributed by atoms with van der Waals surface area (Å²) in [5.74, 6) is -0.333. The molecule has 0 fully saturated rings. The van der Waals surface area contributed by atoms with Gasteiger partial charge in [0.25, 0.3) is 5.56 Å². The van der Waals surface area contributed by atoms with Crippen molar-refractivity contribution in [3.05, 3.63) is 79.9 Å². The Morgan fingerprint density at radius 3 is 2.55 bits per heavy atom. The molecule has 0 atom stereocenters. The Hall–Kier alpha value is -1.69. The zero-order valence-electron chi connectivity index (χ0n) is 10.5. The number of aromatic nitrogens is 1. The zero-order valence-corrected chi connectivity index (χ0v) is 12.7. The molecule has 0 spiro atoms. The van der Waals surface area contributed by atoms with E-state index in [1.807, 2.05) is 30.3 Å². The Morgan fingerprint density at radius 2 is 1.80 bits per heavy atom. The van der Waals surface area contributed by atoms with Crippen molar-refractivity contribution in [3.8, 4) is 0 Å². The van der Waals surface area contributed by atoms with Crippen LogP contribution in [0.5, 0.6) is 0 Å². The first-order chi connectivity index (χ1) is 9.65. The van der Waals surface area contributed by atoms with Crippen LogP contribution in [0.2, 0.25) is 0 Å². The molecule has 0 N–H and O–H groups in total. The van der Waals surface area contributed by atoms with Crippen molar-refractivity contribution in [2.45, 2.75) is 6.54 Å². The average molecular weight is 379 g/mol. The third-order valence-electron chi connectivity index (χ3n) is 3.21. The van der Waals surface area contributed by atoms with Gasteiger partial charge in [-0.3, -0.25) is 4.79 Å². The molecule has 1 heterocycles. The first-order valence-electron chi connectivity index (χ1n) is 6.18. The van der Waals surface area contributed by atoms with Crippen LogP contribution in [0.15, 0.2) is 59.4 Å². The van der Waals surface area contributed by atoms with Crippen LogP contribution in [0.25, 0.3) is 10.9 Å². The maximum Gasteiger partial charge on any atom is 0.252 e. The van der Waals surface area contributed by atoms with E-state index in [1.165, 1.54) is 12.1 Å². The van der Waals surface area contributed by atoms with Gasteiger partial charge in [0.15, 0.2) is 0 Å². The number of halogens is 2. The van der Waals surface area contributed by atoms with E-state index in [-0.39, 0.29) is 11.4 Å². The van der Waals surface area contributed by atoms with Crippen LogP contribution in [-0.4, -0.2) is 4.57 Å². The Balaban J connectivity index is 2.24. The van der Waals surface area contributed by atoms with Gasteiger partial charge < -0.3 is 4.57 Å². The normalized spacial score (nSPS) is 10.9. The molecule has 0 saturated heterocycles. The lowest BCUT2D eigenvalue weighted by Crippen LogP contribution is -2.21. The van der Waals surface area contributed by atoms with Gasteiger partial charge in [-0.25, -0.2) is 4.39 Å². The van der Waals surface area contributed by atoms with Gasteiger partial charge in [-0.05, 0) is 46.4 Å². The van der Waals surface area contributed by atoms with Crippen LogP contribution in [0.4, 0.5) is 4.39 Å². The zero-order chi connectivity index (χ0) is 14.1. The summed E-state index contributed by atoms with van der Waals surface area (Å²) in [6.45, 7) is 0.441. The molecule has 1 aromatic heterocycles. The van der Waals surface area contributed by atoms with Gasteiger partial charge in [0.05, 0.1) is 12.1 Å². The number of nitrogens with zero attached hydrogens (tertiary/aromatic N) is 1. The minimum absolute atomic E-state index is 0.114. The molecule has 0 radical (unpaired) electrons. The molecule has 3 rings (SSSR count). The monoisotopic (exact) mass is 379 g/mol. The second kappa shape index (κ2) is 5.36. The molecule has 0 unspecified atom stereocenters. The minimum atomic E-state index is -0.333. The fourth-order valence-electron chi connectivity index (χ4n) is 2.24. The van der Waals surface area contributed by atoms with Crippen molar-refractivity contribution in [3.63, 3.8) is 0 Å². The second-order valence-electron chi connectivity index (χ2n) is 4.56. The van der Waals surface area contributed by atoms with Crippen molar-refractivity contribution in [2.24, 2.45) is 0 Å². The number of benzene rings is 2. The van der Waals surface area contributed by atoms with E-state index in [0.717, 1.165) is 14.5 Å². The predicted octanol–water partition coefficient (Wildman–Crippen LogP) is 3.79. The van der Waals surface area contributed by atoms with Gasteiger partial charge in [-0.1, -0.05) is 30.3 Å². The van der Waals surface area contributed by atoms with E-state index in [4.69, 9.17) is 0 Å². The Morgan fingerprint density at radius 1 is 1.05 bits per heavy atom. The molecule has 0 saturated carbocycles. The average Bonchev–Trinajstić information content (AvgIpc) is 2.44. The molecule has 3 aromatic rings. The van der Waals surface area contributed by atoms with Crippen molar-refractivity contribution in [2.75, 3.05) is 0 Å². The van der Waals surface area contributed by atoms with Crippen molar-refractivity contribution < 1.29 is 4.39 Å². The summed E-state index contributed by atoms with van der Waals surface area (Å²) in [5.41, 5.74) is 1.53. The van der Waals surface area contributed by atoms with Crippen molar-refractivity contribution in [1.29, 1.82) is 0 Å². The van der Waals surface area contributed by atoms with Gasteiger partial charge in [0.2, 0.25) is 0 Å². The highest BCUT2D eigenvalue weighted by Gasteiger charge is 2.08. The van der Waals surface area contributed by atoms with Gasteiger partial charge in [0.1, 0.15) is 5.82 Å². The molecule has 0 aliphatic rings. The number of fused-ring (bicyclic) bond motifs is 1. The molecule has 0 aliphatic heterocycles. The lowest BCUT2D eigenvalue weighted by Gasteiger charge is -2.11.